The maximum atomic E-state index is 12.8. The van der Waals surface area contributed by atoms with E-state index in [0.29, 0.717) is 16.4 Å². The smallest absolute Gasteiger partial charge is 0.270 e. The Hall–Kier alpha value is -1.83. The topological polar surface area (TPSA) is 71.4 Å². The molecule has 0 aliphatic carbocycles. The van der Waals surface area contributed by atoms with Gasteiger partial charge in [0.25, 0.3) is 5.91 Å². The van der Waals surface area contributed by atoms with Crippen molar-refractivity contribution in [1.82, 2.24) is 14.2 Å². The van der Waals surface area contributed by atoms with E-state index < -0.39 is 10.0 Å². The van der Waals surface area contributed by atoms with Crippen molar-refractivity contribution in [3.8, 4) is 0 Å². The number of halogens is 1. The van der Waals surface area contributed by atoms with Crippen LogP contribution in [0.5, 0.6) is 0 Å². The Kier molecular flexibility index (Phi) is 5.93. The number of nitrogens with zero attached hydrogens (tertiary/aromatic N) is 2. The van der Waals surface area contributed by atoms with Crippen LogP contribution in [0.2, 0.25) is 5.02 Å². The molecular formula is C19H24ClN3O3S. The van der Waals surface area contributed by atoms with Gasteiger partial charge in [-0.3, -0.25) is 4.79 Å². The van der Waals surface area contributed by atoms with Gasteiger partial charge in [0.2, 0.25) is 10.0 Å². The van der Waals surface area contributed by atoms with Crippen LogP contribution in [0.1, 0.15) is 41.0 Å². The third-order valence-corrected chi connectivity index (χ3v) is 6.79. The molecule has 27 heavy (non-hydrogen) atoms. The van der Waals surface area contributed by atoms with Crippen LogP contribution in [0, 0.1) is 6.92 Å². The van der Waals surface area contributed by atoms with E-state index in [-0.39, 0.29) is 17.3 Å². The van der Waals surface area contributed by atoms with Gasteiger partial charge in [0, 0.05) is 37.4 Å². The molecule has 1 N–H and O–H groups in total. The van der Waals surface area contributed by atoms with Crippen LogP contribution >= 0.6 is 11.6 Å². The Labute approximate surface area is 165 Å². The van der Waals surface area contributed by atoms with Gasteiger partial charge in [0.1, 0.15) is 10.6 Å². The van der Waals surface area contributed by atoms with E-state index in [9.17, 15) is 13.2 Å². The summed E-state index contributed by atoms with van der Waals surface area (Å²) in [6, 6.07) is 8.46. The van der Waals surface area contributed by atoms with E-state index in [0.717, 1.165) is 37.9 Å². The summed E-state index contributed by atoms with van der Waals surface area (Å²) in [4.78, 5) is 14.7. The Morgan fingerprint density at radius 1 is 1.15 bits per heavy atom. The van der Waals surface area contributed by atoms with E-state index in [1.54, 1.807) is 47.7 Å². The van der Waals surface area contributed by atoms with Gasteiger partial charge in [0.15, 0.2) is 0 Å². The number of aromatic nitrogens is 1. The van der Waals surface area contributed by atoms with Crippen LogP contribution in [0.25, 0.3) is 0 Å². The van der Waals surface area contributed by atoms with Crippen LogP contribution in [0.3, 0.4) is 0 Å². The SMILES string of the molecule is Cc1c(S(=O)(=O)NCc2ccc(Cl)cc2)cc(C(=O)N2CCCCC2)n1C. The van der Waals surface area contributed by atoms with Gasteiger partial charge in [0.05, 0.1) is 0 Å². The van der Waals surface area contributed by atoms with Crippen LogP contribution in [0.4, 0.5) is 0 Å². The second kappa shape index (κ2) is 8.04. The standard InChI is InChI=1S/C19H24ClN3O3S/c1-14-18(27(25,26)21-13-15-6-8-16(20)9-7-15)12-17(22(14)2)19(24)23-10-4-3-5-11-23/h6-9,12,21H,3-5,10-11,13H2,1-2H3. The number of piperidine rings is 1. The average Bonchev–Trinajstić information content (AvgIpc) is 2.97. The first-order valence-electron chi connectivity index (χ1n) is 8.99. The summed E-state index contributed by atoms with van der Waals surface area (Å²) in [5.74, 6) is -0.112. The van der Waals surface area contributed by atoms with Crippen molar-refractivity contribution in [2.45, 2.75) is 37.6 Å². The molecule has 1 aliphatic rings. The summed E-state index contributed by atoms with van der Waals surface area (Å²) in [6.45, 7) is 3.31. The van der Waals surface area contributed by atoms with Gasteiger partial charge in [-0.1, -0.05) is 23.7 Å². The summed E-state index contributed by atoms with van der Waals surface area (Å²) in [5.41, 5.74) is 1.75. The van der Waals surface area contributed by atoms with E-state index in [1.807, 2.05) is 0 Å². The molecule has 0 spiro atoms. The highest BCUT2D eigenvalue weighted by atomic mass is 35.5. The van der Waals surface area contributed by atoms with E-state index in [2.05, 4.69) is 4.72 Å². The molecule has 0 saturated carbocycles. The van der Waals surface area contributed by atoms with Crippen LogP contribution in [-0.2, 0) is 23.6 Å². The lowest BCUT2D eigenvalue weighted by Crippen LogP contribution is -2.36. The van der Waals surface area contributed by atoms with Crippen molar-refractivity contribution in [2.24, 2.45) is 7.05 Å². The lowest BCUT2D eigenvalue weighted by molar-refractivity contribution is 0.0714. The molecule has 0 bridgehead atoms. The van der Waals surface area contributed by atoms with Gasteiger partial charge in [-0.05, 0) is 49.9 Å². The normalized spacial score (nSPS) is 15.1. The van der Waals surface area contributed by atoms with Crippen molar-refractivity contribution < 1.29 is 13.2 Å². The lowest BCUT2D eigenvalue weighted by atomic mass is 10.1. The Morgan fingerprint density at radius 3 is 2.41 bits per heavy atom. The monoisotopic (exact) mass is 409 g/mol. The highest BCUT2D eigenvalue weighted by Gasteiger charge is 2.27. The number of carbonyl (C=O) groups is 1. The first-order valence-corrected chi connectivity index (χ1v) is 10.9. The molecule has 146 valence electrons. The predicted molar refractivity (Wildman–Crippen MR) is 105 cm³/mol. The third-order valence-electron chi connectivity index (χ3n) is 5.02. The number of hydrogen-bond acceptors (Lipinski definition) is 3. The molecule has 2 heterocycles. The lowest BCUT2D eigenvalue weighted by Gasteiger charge is -2.26. The number of likely N-dealkylation sites (tertiary alicyclic amines) is 1. The Morgan fingerprint density at radius 2 is 1.78 bits per heavy atom. The maximum absolute atomic E-state index is 12.8. The minimum atomic E-state index is -3.74. The molecule has 0 atom stereocenters. The van der Waals surface area contributed by atoms with Crippen LogP contribution in [0.15, 0.2) is 35.2 Å². The molecule has 1 aromatic carbocycles. The highest BCUT2D eigenvalue weighted by molar-refractivity contribution is 7.89. The Balaban J connectivity index is 1.80. The zero-order valence-corrected chi connectivity index (χ0v) is 17.1. The van der Waals surface area contributed by atoms with E-state index in [1.165, 1.54) is 6.07 Å². The molecule has 0 radical (unpaired) electrons. The summed E-state index contributed by atoms with van der Waals surface area (Å²) in [5, 5.41) is 0.598. The van der Waals surface area contributed by atoms with E-state index in [4.69, 9.17) is 11.6 Å². The van der Waals surface area contributed by atoms with Crippen molar-refractivity contribution in [3.63, 3.8) is 0 Å². The summed E-state index contributed by atoms with van der Waals surface area (Å²) in [7, 11) is -2.01. The number of hydrogen-bond donors (Lipinski definition) is 1. The first-order chi connectivity index (χ1) is 12.8. The molecule has 1 fully saturated rings. The highest BCUT2D eigenvalue weighted by Crippen LogP contribution is 2.22. The molecule has 1 saturated heterocycles. The molecule has 0 unspecified atom stereocenters. The summed E-state index contributed by atoms with van der Waals surface area (Å²) in [6.07, 6.45) is 3.11. The number of benzene rings is 1. The second-order valence-corrected chi connectivity index (χ2v) is 9.01. The molecule has 6 nitrogen and oxygen atoms in total. The number of rotatable bonds is 5. The second-order valence-electron chi connectivity index (χ2n) is 6.84. The van der Waals surface area contributed by atoms with Crippen molar-refractivity contribution >= 4 is 27.5 Å². The zero-order chi connectivity index (χ0) is 19.6. The molecule has 3 rings (SSSR count). The number of sulfonamides is 1. The number of nitrogens with one attached hydrogen (secondary N) is 1. The van der Waals surface area contributed by atoms with Crippen LogP contribution in [-0.4, -0.2) is 36.9 Å². The Bertz CT molecular complexity index is 930. The largest absolute Gasteiger partial charge is 0.343 e. The van der Waals surface area contributed by atoms with Crippen molar-refractivity contribution in [3.05, 3.63) is 52.3 Å². The van der Waals surface area contributed by atoms with Gasteiger partial charge in [-0.15, -0.1) is 0 Å². The molecule has 2 aromatic rings. The van der Waals surface area contributed by atoms with Gasteiger partial charge in [-0.2, -0.15) is 0 Å². The van der Waals surface area contributed by atoms with Crippen molar-refractivity contribution in [1.29, 1.82) is 0 Å². The number of amides is 1. The average molecular weight is 410 g/mol. The fourth-order valence-corrected chi connectivity index (χ4v) is 4.70. The number of carbonyl (C=O) groups excluding carboxylic acids is 1. The molecule has 1 aromatic heterocycles. The van der Waals surface area contributed by atoms with Crippen molar-refractivity contribution in [2.75, 3.05) is 13.1 Å². The van der Waals surface area contributed by atoms with Gasteiger partial charge < -0.3 is 9.47 Å². The zero-order valence-electron chi connectivity index (χ0n) is 15.5. The quantitative estimate of drug-likeness (QED) is 0.824. The summed E-state index contributed by atoms with van der Waals surface area (Å²) < 4.78 is 29.8. The third kappa shape index (κ3) is 4.36. The van der Waals surface area contributed by atoms with Crippen LogP contribution < -0.4 is 4.72 Å². The fraction of sp³-hybridized carbons (Fsp3) is 0.421. The summed E-state index contributed by atoms with van der Waals surface area (Å²) >= 11 is 5.85. The van der Waals surface area contributed by atoms with Gasteiger partial charge >= 0.3 is 0 Å². The predicted octanol–water partition coefficient (Wildman–Crippen LogP) is 3.09. The molecule has 1 aliphatic heterocycles. The van der Waals surface area contributed by atoms with Gasteiger partial charge in [-0.25, -0.2) is 13.1 Å². The fourth-order valence-electron chi connectivity index (χ4n) is 3.27. The van der Waals surface area contributed by atoms with E-state index >= 15 is 0 Å². The first kappa shape index (κ1) is 19.9. The maximum Gasteiger partial charge on any atom is 0.270 e. The molecule has 1 amide bonds. The molecule has 8 heteroatoms. The minimum Gasteiger partial charge on any atom is -0.343 e. The minimum absolute atomic E-state index is 0.112. The molecular weight excluding hydrogens is 386 g/mol.